The quantitative estimate of drug-likeness (QED) is 0.335. The molecule has 10 nitrogen and oxygen atoms in total. The van der Waals surface area contributed by atoms with Gasteiger partial charge in [-0.1, -0.05) is 23.9 Å². The fourth-order valence-electron chi connectivity index (χ4n) is 3.35. The molecule has 1 aromatic carbocycles. The number of esters is 2. The van der Waals surface area contributed by atoms with Crippen LogP contribution in [0.15, 0.2) is 29.4 Å². The number of benzene rings is 1. The van der Waals surface area contributed by atoms with Crippen LogP contribution in [0.4, 0.5) is 10.7 Å². The number of hydrogen-bond donors (Lipinski definition) is 1. The van der Waals surface area contributed by atoms with Crippen LogP contribution < -0.4 is 10.2 Å². The van der Waals surface area contributed by atoms with Crippen molar-refractivity contribution in [1.29, 1.82) is 0 Å². The molecule has 1 N–H and O–H groups in total. The number of thiophene rings is 1. The number of nitrogens with zero attached hydrogens (tertiary/aromatic N) is 4. The van der Waals surface area contributed by atoms with E-state index in [-0.39, 0.29) is 27.1 Å². The van der Waals surface area contributed by atoms with E-state index in [1.807, 2.05) is 54.8 Å². The predicted molar refractivity (Wildman–Crippen MR) is 137 cm³/mol. The Hall–Kier alpha value is -3.38. The number of rotatable bonds is 9. The Balaban J connectivity index is 1.78. The summed E-state index contributed by atoms with van der Waals surface area (Å²) in [5.41, 5.74) is 2.50. The van der Waals surface area contributed by atoms with Crippen LogP contribution in [0.25, 0.3) is 11.4 Å². The van der Waals surface area contributed by atoms with Crippen LogP contribution in [-0.2, 0) is 20.8 Å². The maximum Gasteiger partial charge on any atom is 0.348 e. The smallest absolute Gasteiger partial charge is 0.348 e. The number of carbonyl (C=O) groups is 3. The Morgan fingerprint density at radius 1 is 1.14 bits per heavy atom. The molecule has 2 aromatic heterocycles. The van der Waals surface area contributed by atoms with Gasteiger partial charge in [0.05, 0.1) is 25.5 Å². The zero-order valence-corrected chi connectivity index (χ0v) is 22.0. The molecule has 0 radical (unpaired) electrons. The van der Waals surface area contributed by atoms with E-state index in [2.05, 4.69) is 15.5 Å². The lowest BCUT2D eigenvalue weighted by atomic mass is 10.1. The van der Waals surface area contributed by atoms with Crippen LogP contribution in [0.2, 0.25) is 0 Å². The zero-order valence-electron chi connectivity index (χ0n) is 20.4. The summed E-state index contributed by atoms with van der Waals surface area (Å²) >= 11 is 2.20. The first-order chi connectivity index (χ1) is 16.7. The number of hydrogen-bond acceptors (Lipinski definition) is 10. The Bertz CT molecular complexity index is 1250. The van der Waals surface area contributed by atoms with E-state index in [4.69, 9.17) is 9.47 Å². The summed E-state index contributed by atoms with van der Waals surface area (Å²) in [7, 11) is 6.43. The second kappa shape index (κ2) is 11.4. The van der Waals surface area contributed by atoms with E-state index in [1.165, 1.54) is 26.0 Å². The minimum absolute atomic E-state index is 0.0288. The minimum Gasteiger partial charge on any atom is -0.465 e. The molecule has 3 aromatic rings. The monoisotopic (exact) mass is 517 g/mol. The van der Waals surface area contributed by atoms with Gasteiger partial charge in [-0.2, -0.15) is 0 Å². The lowest BCUT2D eigenvalue weighted by molar-refractivity contribution is -0.113. The Morgan fingerprint density at radius 2 is 1.86 bits per heavy atom. The van der Waals surface area contributed by atoms with Crippen LogP contribution in [0.1, 0.15) is 32.5 Å². The standard InChI is InChI=1S/C23H27N5O5S2/c1-7-28-19(14-9-8-10-15(11-14)27(3)4)25-26-23(28)34-12-16(29)24-20-17(21(30)32-5)13(2)18(35-20)22(31)33-6/h8-11H,7,12H2,1-6H3,(H,24,29). The lowest BCUT2D eigenvalue weighted by Gasteiger charge is -2.14. The van der Waals surface area contributed by atoms with Crippen LogP contribution in [0.3, 0.4) is 0 Å². The van der Waals surface area contributed by atoms with Crippen molar-refractivity contribution in [3.8, 4) is 11.4 Å². The van der Waals surface area contributed by atoms with Crippen molar-refractivity contribution < 1.29 is 23.9 Å². The maximum absolute atomic E-state index is 12.7. The van der Waals surface area contributed by atoms with Crippen LogP contribution in [-0.4, -0.2) is 66.7 Å². The van der Waals surface area contributed by atoms with Gasteiger partial charge in [-0.05, 0) is 31.5 Å². The first kappa shape index (κ1) is 26.2. The fourth-order valence-corrected chi connectivity index (χ4v) is 5.28. The van der Waals surface area contributed by atoms with Gasteiger partial charge in [0.25, 0.3) is 0 Å². The SMILES string of the molecule is CCn1c(SCC(=O)Nc2sc(C(=O)OC)c(C)c2C(=O)OC)nnc1-c1cccc(N(C)C)c1. The third-order valence-corrected chi connectivity index (χ3v) is 7.30. The summed E-state index contributed by atoms with van der Waals surface area (Å²) in [5, 5.41) is 12.2. The third-order valence-electron chi connectivity index (χ3n) is 5.15. The molecule has 0 saturated heterocycles. The van der Waals surface area contributed by atoms with Gasteiger partial charge in [0.2, 0.25) is 5.91 Å². The van der Waals surface area contributed by atoms with Crippen molar-refractivity contribution in [2.24, 2.45) is 0 Å². The molecule has 0 spiro atoms. The van der Waals surface area contributed by atoms with Gasteiger partial charge in [-0.3, -0.25) is 4.79 Å². The van der Waals surface area contributed by atoms with Gasteiger partial charge in [0.15, 0.2) is 11.0 Å². The topological polar surface area (TPSA) is 116 Å². The van der Waals surface area contributed by atoms with Crippen molar-refractivity contribution in [1.82, 2.24) is 14.8 Å². The summed E-state index contributed by atoms with van der Waals surface area (Å²) in [6, 6.07) is 7.97. The molecule has 3 rings (SSSR count). The van der Waals surface area contributed by atoms with Crippen molar-refractivity contribution >= 4 is 51.6 Å². The number of amides is 1. The van der Waals surface area contributed by atoms with Gasteiger partial charge in [-0.25, -0.2) is 9.59 Å². The number of anilines is 2. The molecule has 0 atom stereocenters. The van der Waals surface area contributed by atoms with Gasteiger partial charge in [0.1, 0.15) is 9.88 Å². The van der Waals surface area contributed by atoms with Crippen LogP contribution in [0, 0.1) is 6.92 Å². The molecule has 1 amide bonds. The zero-order chi connectivity index (χ0) is 25.7. The highest BCUT2D eigenvalue weighted by Crippen LogP contribution is 2.34. The van der Waals surface area contributed by atoms with E-state index < -0.39 is 11.9 Å². The number of carbonyl (C=O) groups excluding carboxylic acids is 3. The Kier molecular flexibility index (Phi) is 8.52. The number of nitrogens with one attached hydrogen (secondary N) is 1. The summed E-state index contributed by atoms with van der Waals surface area (Å²) < 4.78 is 11.5. The molecule has 0 aliphatic heterocycles. The molecule has 0 fully saturated rings. The molecule has 0 aliphatic rings. The molecule has 0 saturated carbocycles. The van der Waals surface area contributed by atoms with E-state index in [0.717, 1.165) is 22.6 Å². The first-order valence-electron chi connectivity index (χ1n) is 10.6. The van der Waals surface area contributed by atoms with Gasteiger partial charge in [-0.15, -0.1) is 21.5 Å². The molecule has 2 heterocycles. The van der Waals surface area contributed by atoms with E-state index >= 15 is 0 Å². The van der Waals surface area contributed by atoms with Crippen molar-refractivity contribution in [3.05, 3.63) is 40.3 Å². The average molecular weight is 518 g/mol. The number of aromatic nitrogens is 3. The molecule has 0 aliphatic carbocycles. The van der Waals surface area contributed by atoms with E-state index in [0.29, 0.717) is 23.1 Å². The summed E-state index contributed by atoms with van der Waals surface area (Å²) in [5.74, 6) is -0.856. The van der Waals surface area contributed by atoms with Crippen molar-refractivity contribution in [3.63, 3.8) is 0 Å². The van der Waals surface area contributed by atoms with Crippen molar-refractivity contribution in [2.45, 2.75) is 25.5 Å². The fraction of sp³-hybridized carbons (Fsp3) is 0.348. The maximum atomic E-state index is 12.7. The van der Waals surface area contributed by atoms with Gasteiger partial charge in [0, 0.05) is 31.9 Å². The second-order valence-electron chi connectivity index (χ2n) is 7.58. The second-order valence-corrected chi connectivity index (χ2v) is 9.54. The van der Waals surface area contributed by atoms with Crippen LogP contribution in [0.5, 0.6) is 0 Å². The molecule has 186 valence electrons. The van der Waals surface area contributed by atoms with Gasteiger partial charge < -0.3 is 24.3 Å². The lowest BCUT2D eigenvalue weighted by Crippen LogP contribution is -2.16. The minimum atomic E-state index is -0.646. The predicted octanol–water partition coefficient (Wildman–Crippen LogP) is 3.70. The third kappa shape index (κ3) is 5.65. The van der Waals surface area contributed by atoms with E-state index in [1.54, 1.807) is 6.92 Å². The highest BCUT2D eigenvalue weighted by Gasteiger charge is 2.27. The molecular formula is C23H27N5O5S2. The molecule has 0 unspecified atom stereocenters. The molecule has 35 heavy (non-hydrogen) atoms. The van der Waals surface area contributed by atoms with Crippen LogP contribution >= 0.6 is 23.1 Å². The largest absolute Gasteiger partial charge is 0.465 e. The van der Waals surface area contributed by atoms with E-state index in [9.17, 15) is 14.4 Å². The first-order valence-corrected chi connectivity index (χ1v) is 12.5. The highest BCUT2D eigenvalue weighted by molar-refractivity contribution is 7.99. The van der Waals surface area contributed by atoms with Gasteiger partial charge >= 0.3 is 11.9 Å². The van der Waals surface area contributed by atoms with Crippen molar-refractivity contribution in [2.75, 3.05) is 44.3 Å². The average Bonchev–Trinajstić information content (AvgIpc) is 3.42. The summed E-state index contributed by atoms with van der Waals surface area (Å²) in [6.07, 6.45) is 0. The molecular weight excluding hydrogens is 490 g/mol. The Morgan fingerprint density at radius 3 is 2.49 bits per heavy atom. The molecule has 12 heteroatoms. The number of thioether (sulfide) groups is 1. The normalized spacial score (nSPS) is 10.7. The molecule has 0 bridgehead atoms. The summed E-state index contributed by atoms with van der Waals surface area (Å²) in [6.45, 7) is 4.21. The Labute approximate surface area is 211 Å². The summed E-state index contributed by atoms with van der Waals surface area (Å²) in [4.78, 5) is 39.3. The number of ether oxygens (including phenoxy) is 2. The highest BCUT2D eigenvalue weighted by atomic mass is 32.2. The number of methoxy groups -OCH3 is 2.